The summed E-state index contributed by atoms with van der Waals surface area (Å²) in [6.07, 6.45) is 1.77. The monoisotopic (exact) mass is 374 g/mol. The Labute approximate surface area is 168 Å². The second kappa shape index (κ2) is 7.21. The van der Waals surface area contributed by atoms with Gasteiger partial charge in [0.2, 0.25) is 0 Å². The third-order valence-corrected chi connectivity index (χ3v) is 5.08. The lowest BCUT2D eigenvalue weighted by molar-refractivity contribution is 0.100. The number of carbonyl (C=O) groups excluding carboxylic acids is 1. The summed E-state index contributed by atoms with van der Waals surface area (Å²) < 4.78 is 0. The highest BCUT2D eigenvalue weighted by Crippen LogP contribution is 2.32. The summed E-state index contributed by atoms with van der Waals surface area (Å²) in [5.41, 5.74) is 3.14. The van der Waals surface area contributed by atoms with Crippen molar-refractivity contribution in [2.45, 2.75) is 0 Å². The van der Waals surface area contributed by atoms with Gasteiger partial charge in [-0.05, 0) is 41.8 Å². The minimum Gasteiger partial charge on any atom is -0.277 e. The summed E-state index contributed by atoms with van der Waals surface area (Å²) in [7, 11) is 0. The lowest BCUT2D eigenvalue weighted by Gasteiger charge is -2.24. The number of hydrogen-bond acceptors (Lipinski definition) is 2. The van der Waals surface area contributed by atoms with Crippen LogP contribution in [0.5, 0.6) is 0 Å². The van der Waals surface area contributed by atoms with Crippen LogP contribution in [-0.2, 0) is 0 Å². The van der Waals surface area contributed by atoms with Crippen molar-refractivity contribution in [1.82, 2.24) is 4.98 Å². The molecule has 0 spiro atoms. The van der Waals surface area contributed by atoms with Crippen molar-refractivity contribution in [1.29, 1.82) is 0 Å². The quantitative estimate of drug-likeness (QED) is 0.344. The Morgan fingerprint density at radius 1 is 0.621 bits per heavy atom. The predicted molar refractivity (Wildman–Crippen MR) is 119 cm³/mol. The molecular weight excluding hydrogens is 356 g/mol. The average Bonchev–Trinajstić information content (AvgIpc) is 2.80. The van der Waals surface area contributed by atoms with Crippen LogP contribution in [0.2, 0.25) is 0 Å². The largest absolute Gasteiger partial charge is 0.277 e. The van der Waals surface area contributed by atoms with Crippen LogP contribution in [0.15, 0.2) is 109 Å². The number of rotatable bonds is 3. The first-order valence-corrected chi connectivity index (χ1v) is 9.54. The van der Waals surface area contributed by atoms with Gasteiger partial charge in [0.25, 0.3) is 5.91 Å². The SMILES string of the molecule is O=C(c1cccc2ccc3cccnc3c12)N(c1ccccc1)c1ccccc1. The van der Waals surface area contributed by atoms with E-state index in [4.69, 9.17) is 0 Å². The number of nitrogens with zero attached hydrogens (tertiary/aromatic N) is 2. The van der Waals surface area contributed by atoms with Crippen LogP contribution in [0.3, 0.4) is 0 Å². The fourth-order valence-corrected chi connectivity index (χ4v) is 3.75. The highest BCUT2D eigenvalue weighted by Gasteiger charge is 2.22. The molecule has 0 saturated carbocycles. The Bertz CT molecular complexity index is 1270. The molecule has 1 heterocycles. The van der Waals surface area contributed by atoms with Crippen molar-refractivity contribution in [3.05, 3.63) is 115 Å². The third-order valence-electron chi connectivity index (χ3n) is 5.08. The number of aromatic nitrogens is 1. The van der Waals surface area contributed by atoms with E-state index < -0.39 is 0 Å². The van der Waals surface area contributed by atoms with Gasteiger partial charge >= 0.3 is 0 Å². The zero-order valence-electron chi connectivity index (χ0n) is 15.7. The van der Waals surface area contributed by atoms with Crippen LogP contribution in [0.4, 0.5) is 11.4 Å². The van der Waals surface area contributed by atoms with Crippen LogP contribution in [0.1, 0.15) is 10.4 Å². The second-order valence-corrected chi connectivity index (χ2v) is 6.86. The van der Waals surface area contributed by atoms with E-state index in [0.29, 0.717) is 5.56 Å². The summed E-state index contributed by atoms with van der Waals surface area (Å²) in [4.78, 5) is 20.2. The summed E-state index contributed by atoms with van der Waals surface area (Å²) in [6.45, 7) is 0. The molecular formula is C26H18N2O. The van der Waals surface area contributed by atoms with E-state index in [1.807, 2.05) is 103 Å². The highest BCUT2D eigenvalue weighted by molar-refractivity contribution is 6.22. The van der Waals surface area contributed by atoms with Crippen LogP contribution in [0, 0.1) is 0 Å². The van der Waals surface area contributed by atoms with E-state index in [1.54, 1.807) is 11.1 Å². The van der Waals surface area contributed by atoms with Gasteiger partial charge in [0.15, 0.2) is 0 Å². The van der Waals surface area contributed by atoms with E-state index in [-0.39, 0.29) is 5.91 Å². The van der Waals surface area contributed by atoms with Gasteiger partial charge in [0, 0.05) is 28.3 Å². The number of anilines is 2. The van der Waals surface area contributed by atoms with Gasteiger partial charge in [-0.3, -0.25) is 14.7 Å². The number of benzene rings is 4. The third kappa shape index (κ3) is 3.03. The van der Waals surface area contributed by atoms with Gasteiger partial charge in [-0.25, -0.2) is 0 Å². The normalized spacial score (nSPS) is 10.9. The Kier molecular flexibility index (Phi) is 4.26. The zero-order valence-corrected chi connectivity index (χ0v) is 15.7. The van der Waals surface area contributed by atoms with Gasteiger partial charge in [-0.1, -0.05) is 66.7 Å². The molecule has 0 N–H and O–H groups in total. The molecule has 1 amide bonds. The molecule has 0 atom stereocenters. The molecule has 0 radical (unpaired) electrons. The number of carbonyl (C=O) groups is 1. The molecule has 0 aliphatic rings. The molecule has 5 rings (SSSR count). The molecule has 0 saturated heterocycles. The van der Waals surface area contributed by atoms with E-state index in [2.05, 4.69) is 4.98 Å². The van der Waals surface area contributed by atoms with Gasteiger partial charge in [-0.15, -0.1) is 0 Å². The maximum absolute atomic E-state index is 13.9. The van der Waals surface area contributed by atoms with Crippen molar-refractivity contribution in [2.24, 2.45) is 0 Å². The number of fused-ring (bicyclic) bond motifs is 3. The minimum absolute atomic E-state index is 0.0776. The number of para-hydroxylation sites is 2. The first-order chi connectivity index (χ1) is 14.3. The highest BCUT2D eigenvalue weighted by atomic mass is 16.2. The topological polar surface area (TPSA) is 33.2 Å². The van der Waals surface area contributed by atoms with Crippen molar-refractivity contribution >= 4 is 39.0 Å². The van der Waals surface area contributed by atoms with Crippen LogP contribution in [-0.4, -0.2) is 10.9 Å². The molecule has 5 aromatic rings. The standard InChI is InChI=1S/C26H18N2O/c29-26(28(21-11-3-1-4-12-21)22-13-5-2-6-14-22)23-15-7-9-19-16-17-20-10-8-18-27-25(20)24(19)23/h1-18H. The maximum Gasteiger partial charge on any atom is 0.263 e. The fraction of sp³-hybridized carbons (Fsp3) is 0. The van der Waals surface area contributed by atoms with Crippen LogP contribution in [0.25, 0.3) is 21.7 Å². The Morgan fingerprint density at radius 3 is 1.93 bits per heavy atom. The molecule has 0 aliphatic heterocycles. The van der Waals surface area contributed by atoms with Gasteiger partial charge in [-0.2, -0.15) is 0 Å². The molecule has 4 aromatic carbocycles. The molecule has 29 heavy (non-hydrogen) atoms. The Morgan fingerprint density at radius 2 is 1.24 bits per heavy atom. The number of pyridine rings is 1. The summed E-state index contributed by atoms with van der Waals surface area (Å²) >= 11 is 0. The lowest BCUT2D eigenvalue weighted by atomic mass is 9.99. The molecule has 3 nitrogen and oxygen atoms in total. The van der Waals surface area contributed by atoms with Crippen LogP contribution < -0.4 is 4.90 Å². The lowest BCUT2D eigenvalue weighted by Crippen LogP contribution is -2.26. The summed E-state index contributed by atoms with van der Waals surface area (Å²) in [6, 6.07) is 33.3. The predicted octanol–water partition coefficient (Wildman–Crippen LogP) is 6.37. The molecule has 0 fully saturated rings. The molecule has 0 bridgehead atoms. The van der Waals surface area contributed by atoms with Gasteiger partial charge in [0.1, 0.15) is 0 Å². The molecule has 0 aliphatic carbocycles. The Hall–Kier alpha value is -3.98. The zero-order chi connectivity index (χ0) is 19.6. The van der Waals surface area contributed by atoms with Crippen LogP contribution >= 0.6 is 0 Å². The van der Waals surface area contributed by atoms with Crippen molar-refractivity contribution in [3.63, 3.8) is 0 Å². The first-order valence-electron chi connectivity index (χ1n) is 9.54. The molecule has 138 valence electrons. The molecule has 3 heteroatoms. The fourth-order valence-electron chi connectivity index (χ4n) is 3.75. The van der Waals surface area contributed by atoms with E-state index in [1.165, 1.54) is 0 Å². The second-order valence-electron chi connectivity index (χ2n) is 6.86. The van der Waals surface area contributed by atoms with Crippen molar-refractivity contribution in [2.75, 3.05) is 4.90 Å². The van der Waals surface area contributed by atoms with E-state index in [0.717, 1.165) is 33.1 Å². The Balaban J connectivity index is 1.77. The first kappa shape index (κ1) is 17.1. The average molecular weight is 374 g/mol. The van der Waals surface area contributed by atoms with Gasteiger partial charge in [0.05, 0.1) is 11.1 Å². The minimum atomic E-state index is -0.0776. The molecule has 1 aromatic heterocycles. The van der Waals surface area contributed by atoms with E-state index >= 15 is 0 Å². The molecule has 0 unspecified atom stereocenters. The number of amides is 1. The smallest absolute Gasteiger partial charge is 0.263 e. The van der Waals surface area contributed by atoms with Crippen molar-refractivity contribution < 1.29 is 4.79 Å². The van der Waals surface area contributed by atoms with Gasteiger partial charge < -0.3 is 0 Å². The maximum atomic E-state index is 13.9. The summed E-state index contributed by atoms with van der Waals surface area (Å²) in [5.74, 6) is -0.0776. The number of hydrogen-bond donors (Lipinski definition) is 0. The summed E-state index contributed by atoms with van der Waals surface area (Å²) in [5, 5.41) is 2.90. The van der Waals surface area contributed by atoms with Crippen molar-refractivity contribution in [3.8, 4) is 0 Å². The van der Waals surface area contributed by atoms with E-state index in [9.17, 15) is 4.79 Å².